The van der Waals surface area contributed by atoms with Crippen LogP contribution in [0.3, 0.4) is 0 Å². The van der Waals surface area contributed by atoms with Gasteiger partial charge in [0.1, 0.15) is 17.2 Å². The zero-order valence-corrected chi connectivity index (χ0v) is 17.1. The van der Waals surface area contributed by atoms with Crippen LogP contribution in [0.25, 0.3) is 11.0 Å². The van der Waals surface area contributed by atoms with Crippen LogP contribution in [0, 0.1) is 0 Å². The Morgan fingerprint density at radius 2 is 1.83 bits per heavy atom. The summed E-state index contributed by atoms with van der Waals surface area (Å²) >= 11 is 0. The van der Waals surface area contributed by atoms with Gasteiger partial charge in [-0.15, -0.1) is 0 Å². The van der Waals surface area contributed by atoms with Crippen LogP contribution < -0.4 is 5.43 Å². The fraction of sp³-hybridized carbons (Fsp3) is 0.200. The molecule has 0 saturated carbocycles. The SMILES string of the molecule is CC(c1ccncc1)C1c2ccccc2C(=NCc2cc3ccccc3o2)NN1C. The third-order valence-corrected chi connectivity index (χ3v) is 5.81. The quantitative estimate of drug-likeness (QED) is 0.523. The van der Waals surface area contributed by atoms with E-state index in [0.717, 1.165) is 28.1 Å². The van der Waals surface area contributed by atoms with Crippen molar-refractivity contribution in [1.82, 2.24) is 15.4 Å². The standard InChI is InChI=1S/C25H24N4O/c1-17(18-11-13-26-14-12-18)24-21-8-4-5-9-22(21)25(28-29(24)2)27-16-20-15-19-7-3-6-10-23(19)30-20/h3-15,17,24H,16H2,1-2H3,(H,27,28). The molecule has 0 fully saturated rings. The third-order valence-electron chi connectivity index (χ3n) is 5.81. The third kappa shape index (κ3) is 3.37. The van der Waals surface area contributed by atoms with Crippen LogP contribution in [-0.4, -0.2) is 22.9 Å². The zero-order valence-electron chi connectivity index (χ0n) is 17.1. The highest BCUT2D eigenvalue weighted by Crippen LogP contribution is 2.38. The van der Waals surface area contributed by atoms with E-state index in [4.69, 9.17) is 9.41 Å². The summed E-state index contributed by atoms with van der Waals surface area (Å²) in [6, 6.07) is 23.0. The molecule has 2 unspecified atom stereocenters. The summed E-state index contributed by atoms with van der Waals surface area (Å²) < 4.78 is 5.94. The van der Waals surface area contributed by atoms with E-state index in [1.165, 1.54) is 11.1 Å². The number of pyridine rings is 1. The molecule has 4 aromatic rings. The van der Waals surface area contributed by atoms with Crippen molar-refractivity contribution in [2.45, 2.75) is 25.4 Å². The van der Waals surface area contributed by atoms with Gasteiger partial charge in [-0.1, -0.05) is 49.4 Å². The zero-order chi connectivity index (χ0) is 20.5. The number of para-hydroxylation sites is 1. The van der Waals surface area contributed by atoms with Gasteiger partial charge in [-0.05, 0) is 35.4 Å². The Bertz CT molecular complexity index is 1160. The number of hydrazine groups is 1. The molecule has 0 radical (unpaired) electrons. The molecule has 1 aliphatic rings. The van der Waals surface area contributed by atoms with Crippen LogP contribution in [-0.2, 0) is 6.54 Å². The van der Waals surface area contributed by atoms with Crippen molar-refractivity contribution < 1.29 is 4.42 Å². The summed E-state index contributed by atoms with van der Waals surface area (Å²) in [4.78, 5) is 9.03. The number of nitrogens with zero attached hydrogens (tertiary/aromatic N) is 3. The molecule has 1 aliphatic heterocycles. The van der Waals surface area contributed by atoms with Gasteiger partial charge in [-0.2, -0.15) is 0 Å². The molecule has 0 aliphatic carbocycles. The van der Waals surface area contributed by atoms with Crippen LogP contribution >= 0.6 is 0 Å². The molecule has 0 bridgehead atoms. The number of benzene rings is 2. The van der Waals surface area contributed by atoms with E-state index >= 15 is 0 Å². The number of aliphatic imine (C=N–C) groups is 1. The summed E-state index contributed by atoms with van der Waals surface area (Å²) in [6.07, 6.45) is 3.71. The average molecular weight is 396 g/mol. The van der Waals surface area contributed by atoms with Crippen molar-refractivity contribution >= 4 is 16.8 Å². The van der Waals surface area contributed by atoms with Crippen molar-refractivity contribution in [3.63, 3.8) is 0 Å². The summed E-state index contributed by atoms with van der Waals surface area (Å²) in [5.41, 5.74) is 8.07. The predicted molar refractivity (Wildman–Crippen MR) is 119 cm³/mol. The highest BCUT2D eigenvalue weighted by Gasteiger charge is 2.32. The first-order chi connectivity index (χ1) is 14.7. The maximum atomic E-state index is 5.94. The van der Waals surface area contributed by atoms with Gasteiger partial charge in [0.15, 0.2) is 0 Å². The monoisotopic (exact) mass is 396 g/mol. The second kappa shape index (κ2) is 7.76. The van der Waals surface area contributed by atoms with Crippen LogP contribution in [0.15, 0.2) is 88.5 Å². The maximum Gasteiger partial charge on any atom is 0.143 e. The number of furan rings is 1. The number of fused-ring (bicyclic) bond motifs is 2. The topological polar surface area (TPSA) is 53.7 Å². The fourth-order valence-corrected chi connectivity index (χ4v) is 4.32. The summed E-state index contributed by atoms with van der Waals surface area (Å²) in [7, 11) is 2.08. The lowest BCUT2D eigenvalue weighted by atomic mass is 9.85. The summed E-state index contributed by atoms with van der Waals surface area (Å²) in [6.45, 7) is 2.75. The molecule has 5 nitrogen and oxygen atoms in total. The molecular weight excluding hydrogens is 372 g/mol. The highest BCUT2D eigenvalue weighted by atomic mass is 16.3. The second-order valence-electron chi connectivity index (χ2n) is 7.74. The molecular formula is C25H24N4O. The first kappa shape index (κ1) is 18.6. The van der Waals surface area contributed by atoms with Gasteiger partial charge in [0.25, 0.3) is 0 Å². The van der Waals surface area contributed by atoms with E-state index in [-0.39, 0.29) is 6.04 Å². The number of hydrogen-bond donors (Lipinski definition) is 1. The molecule has 5 rings (SSSR count). The molecule has 2 aromatic heterocycles. The lowest BCUT2D eigenvalue weighted by Crippen LogP contribution is -2.48. The molecule has 5 heteroatoms. The highest BCUT2D eigenvalue weighted by molar-refractivity contribution is 6.00. The Morgan fingerprint density at radius 3 is 2.67 bits per heavy atom. The number of likely N-dealkylation sites (N-methyl/N-ethyl adjacent to an activating group) is 1. The molecule has 3 heterocycles. The Morgan fingerprint density at radius 1 is 1.07 bits per heavy atom. The minimum absolute atomic E-state index is 0.189. The van der Waals surface area contributed by atoms with Crippen molar-refractivity contribution in [3.8, 4) is 0 Å². The van der Waals surface area contributed by atoms with Crippen LogP contribution in [0.2, 0.25) is 0 Å². The fourth-order valence-electron chi connectivity index (χ4n) is 4.32. The minimum Gasteiger partial charge on any atom is -0.459 e. The number of amidine groups is 1. The van der Waals surface area contributed by atoms with E-state index in [1.807, 2.05) is 30.6 Å². The van der Waals surface area contributed by atoms with Crippen LogP contribution in [0.1, 0.15) is 41.3 Å². The maximum absolute atomic E-state index is 5.94. The van der Waals surface area contributed by atoms with E-state index in [1.54, 1.807) is 0 Å². The molecule has 2 aromatic carbocycles. The summed E-state index contributed by atoms with van der Waals surface area (Å²) in [5.74, 6) is 2.02. The molecule has 0 saturated heterocycles. The first-order valence-corrected chi connectivity index (χ1v) is 10.2. The second-order valence-corrected chi connectivity index (χ2v) is 7.74. The van der Waals surface area contributed by atoms with Crippen LogP contribution in [0.4, 0.5) is 0 Å². The van der Waals surface area contributed by atoms with E-state index in [9.17, 15) is 0 Å². The largest absolute Gasteiger partial charge is 0.459 e. The summed E-state index contributed by atoms with van der Waals surface area (Å²) in [5, 5.41) is 3.26. The normalized spacial score (nSPS) is 18.9. The van der Waals surface area contributed by atoms with Crippen molar-refractivity contribution in [2.75, 3.05) is 7.05 Å². The number of aromatic nitrogens is 1. The molecule has 150 valence electrons. The number of nitrogens with one attached hydrogen (secondary N) is 1. The van der Waals surface area contributed by atoms with Gasteiger partial charge in [0.2, 0.25) is 0 Å². The minimum atomic E-state index is 0.189. The Labute approximate surface area is 176 Å². The molecule has 2 atom stereocenters. The van der Waals surface area contributed by atoms with Crippen molar-refractivity contribution in [3.05, 3.63) is 102 Å². The molecule has 30 heavy (non-hydrogen) atoms. The van der Waals surface area contributed by atoms with Gasteiger partial charge in [-0.3, -0.25) is 9.98 Å². The van der Waals surface area contributed by atoms with Gasteiger partial charge >= 0.3 is 0 Å². The van der Waals surface area contributed by atoms with Gasteiger partial charge in [0.05, 0.1) is 12.6 Å². The Hall–Kier alpha value is -3.44. The van der Waals surface area contributed by atoms with Gasteiger partial charge in [-0.25, -0.2) is 5.01 Å². The number of hydrogen-bond acceptors (Lipinski definition) is 4. The van der Waals surface area contributed by atoms with Gasteiger partial charge < -0.3 is 9.84 Å². The predicted octanol–water partition coefficient (Wildman–Crippen LogP) is 5.07. The van der Waals surface area contributed by atoms with Crippen molar-refractivity contribution in [2.24, 2.45) is 4.99 Å². The van der Waals surface area contributed by atoms with E-state index < -0.39 is 0 Å². The van der Waals surface area contributed by atoms with Crippen molar-refractivity contribution in [1.29, 1.82) is 0 Å². The smallest absolute Gasteiger partial charge is 0.143 e. The Balaban J connectivity index is 1.47. The average Bonchev–Trinajstić information content (AvgIpc) is 3.21. The Kier molecular flexibility index (Phi) is 4.81. The van der Waals surface area contributed by atoms with E-state index in [0.29, 0.717) is 12.5 Å². The molecule has 1 N–H and O–H groups in total. The lowest BCUT2D eigenvalue weighted by Gasteiger charge is -2.39. The number of rotatable bonds is 4. The molecule has 0 spiro atoms. The lowest BCUT2D eigenvalue weighted by molar-refractivity contribution is 0.176. The van der Waals surface area contributed by atoms with Gasteiger partial charge in [0, 0.05) is 36.3 Å². The first-order valence-electron chi connectivity index (χ1n) is 10.2. The van der Waals surface area contributed by atoms with Crippen LogP contribution in [0.5, 0.6) is 0 Å². The molecule has 0 amide bonds. The van der Waals surface area contributed by atoms with E-state index in [2.05, 4.69) is 77.9 Å².